The number of fused-ring (bicyclic) bond motifs is 1. The number of likely N-dealkylation sites (N-methyl/N-ethyl adjacent to an activating group) is 1. The first kappa shape index (κ1) is 14.4. The van der Waals surface area contributed by atoms with Crippen molar-refractivity contribution in [3.63, 3.8) is 0 Å². The number of nitrogens with two attached hydrogens (primary N) is 1. The summed E-state index contributed by atoms with van der Waals surface area (Å²) in [6.45, 7) is 11.3. The van der Waals surface area contributed by atoms with Crippen LogP contribution in [0.4, 0.5) is 0 Å². The number of hydrogen-bond acceptors (Lipinski definition) is 3. The summed E-state index contributed by atoms with van der Waals surface area (Å²) in [5.41, 5.74) is 8.48. The van der Waals surface area contributed by atoms with Gasteiger partial charge in [-0.05, 0) is 32.5 Å². The van der Waals surface area contributed by atoms with Crippen LogP contribution in [0.5, 0.6) is 5.75 Å². The summed E-state index contributed by atoms with van der Waals surface area (Å²) in [5.74, 6) is 1.06. The fourth-order valence-corrected chi connectivity index (χ4v) is 3.04. The monoisotopic (exact) mass is 262 g/mol. The van der Waals surface area contributed by atoms with Crippen molar-refractivity contribution in [3.05, 3.63) is 29.3 Å². The second-order valence-corrected chi connectivity index (χ2v) is 5.85. The van der Waals surface area contributed by atoms with Crippen molar-refractivity contribution in [3.8, 4) is 5.75 Å². The summed E-state index contributed by atoms with van der Waals surface area (Å²) >= 11 is 0. The number of ether oxygens (including phenoxy) is 1. The lowest BCUT2D eigenvalue weighted by Crippen LogP contribution is -2.34. The van der Waals surface area contributed by atoms with Gasteiger partial charge in [-0.2, -0.15) is 0 Å². The molecule has 3 nitrogen and oxygen atoms in total. The second kappa shape index (κ2) is 5.51. The summed E-state index contributed by atoms with van der Waals surface area (Å²) in [6, 6.07) is 6.71. The van der Waals surface area contributed by atoms with Crippen molar-refractivity contribution >= 4 is 0 Å². The third-order valence-electron chi connectivity index (χ3n) is 3.96. The normalized spacial score (nSPS) is 18.2. The van der Waals surface area contributed by atoms with Gasteiger partial charge in [0, 0.05) is 18.5 Å². The van der Waals surface area contributed by atoms with E-state index < -0.39 is 0 Å². The molecule has 2 N–H and O–H groups in total. The van der Waals surface area contributed by atoms with E-state index in [0.29, 0.717) is 6.54 Å². The Labute approximate surface area is 116 Å². The highest BCUT2D eigenvalue weighted by molar-refractivity contribution is 5.47. The largest absolute Gasteiger partial charge is 0.487 e. The summed E-state index contributed by atoms with van der Waals surface area (Å²) in [5, 5.41) is 0. The SMILES string of the molecule is CCN(CC)C(CN)c1cccc2c1OC(C)(C)C2. The van der Waals surface area contributed by atoms with E-state index in [1.165, 1.54) is 11.1 Å². The van der Waals surface area contributed by atoms with Gasteiger partial charge in [0.2, 0.25) is 0 Å². The predicted molar refractivity (Wildman–Crippen MR) is 79.6 cm³/mol. The first-order valence-corrected chi connectivity index (χ1v) is 7.27. The van der Waals surface area contributed by atoms with Crippen molar-refractivity contribution in [2.45, 2.75) is 45.8 Å². The smallest absolute Gasteiger partial charge is 0.128 e. The molecule has 1 aliphatic rings. The minimum Gasteiger partial charge on any atom is -0.487 e. The van der Waals surface area contributed by atoms with Gasteiger partial charge in [-0.25, -0.2) is 0 Å². The molecule has 1 atom stereocenters. The van der Waals surface area contributed by atoms with E-state index in [9.17, 15) is 0 Å². The molecule has 0 spiro atoms. The predicted octanol–water partition coefficient (Wildman–Crippen LogP) is 2.74. The van der Waals surface area contributed by atoms with Crippen LogP contribution in [0.15, 0.2) is 18.2 Å². The molecule has 3 heteroatoms. The van der Waals surface area contributed by atoms with Gasteiger partial charge in [-0.1, -0.05) is 32.0 Å². The summed E-state index contributed by atoms with van der Waals surface area (Å²) < 4.78 is 6.17. The molecule has 1 aromatic rings. The Balaban J connectivity index is 2.38. The number of benzene rings is 1. The van der Waals surface area contributed by atoms with E-state index in [4.69, 9.17) is 10.5 Å². The van der Waals surface area contributed by atoms with Crippen molar-refractivity contribution in [2.75, 3.05) is 19.6 Å². The highest BCUT2D eigenvalue weighted by Crippen LogP contribution is 2.41. The van der Waals surface area contributed by atoms with Gasteiger partial charge in [0.25, 0.3) is 0 Å². The average molecular weight is 262 g/mol. The summed E-state index contributed by atoms with van der Waals surface area (Å²) in [7, 11) is 0. The zero-order valence-electron chi connectivity index (χ0n) is 12.6. The molecule has 106 valence electrons. The van der Waals surface area contributed by atoms with Gasteiger partial charge in [0.1, 0.15) is 11.4 Å². The van der Waals surface area contributed by atoms with Crippen LogP contribution in [0.25, 0.3) is 0 Å². The van der Waals surface area contributed by atoms with E-state index in [0.717, 1.165) is 25.3 Å². The van der Waals surface area contributed by atoms with Gasteiger partial charge in [0.15, 0.2) is 0 Å². The molecule has 1 aromatic carbocycles. The van der Waals surface area contributed by atoms with Crippen LogP contribution in [-0.2, 0) is 6.42 Å². The van der Waals surface area contributed by atoms with E-state index >= 15 is 0 Å². The Hall–Kier alpha value is -1.06. The average Bonchev–Trinajstić information content (AvgIpc) is 2.69. The Kier molecular flexibility index (Phi) is 4.16. The van der Waals surface area contributed by atoms with Gasteiger partial charge >= 0.3 is 0 Å². The molecular formula is C16H26N2O. The zero-order valence-corrected chi connectivity index (χ0v) is 12.6. The molecule has 0 saturated heterocycles. The van der Waals surface area contributed by atoms with Crippen LogP contribution < -0.4 is 10.5 Å². The first-order chi connectivity index (χ1) is 9.02. The molecule has 1 unspecified atom stereocenters. The third kappa shape index (κ3) is 2.77. The van der Waals surface area contributed by atoms with Crippen LogP contribution in [-0.4, -0.2) is 30.1 Å². The topological polar surface area (TPSA) is 38.5 Å². The van der Waals surface area contributed by atoms with Crippen LogP contribution in [0.2, 0.25) is 0 Å². The highest BCUT2D eigenvalue weighted by Gasteiger charge is 2.33. The van der Waals surface area contributed by atoms with Gasteiger partial charge in [-0.3, -0.25) is 4.90 Å². The van der Waals surface area contributed by atoms with Crippen molar-refractivity contribution in [2.24, 2.45) is 5.73 Å². The van der Waals surface area contributed by atoms with Crippen LogP contribution in [0, 0.1) is 0 Å². The summed E-state index contributed by atoms with van der Waals surface area (Å²) in [4.78, 5) is 2.39. The van der Waals surface area contributed by atoms with E-state index in [1.807, 2.05) is 0 Å². The van der Waals surface area contributed by atoms with E-state index in [1.54, 1.807) is 0 Å². The minimum atomic E-state index is -0.0964. The zero-order chi connectivity index (χ0) is 14.0. The molecule has 19 heavy (non-hydrogen) atoms. The Morgan fingerprint density at radius 2 is 2.00 bits per heavy atom. The van der Waals surface area contributed by atoms with Crippen LogP contribution in [0.3, 0.4) is 0 Å². The van der Waals surface area contributed by atoms with Gasteiger partial charge in [-0.15, -0.1) is 0 Å². The van der Waals surface area contributed by atoms with Crippen LogP contribution >= 0.6 is 0 Å². The molecule has 0 bridgehead atoms. The Bertz CT molecular complexity index is 438. The lowest BCUT2D eigenvalue weighted by molar-refractivity contribution is 0.132. The number of hydrogen-bond donors (Lipinski definition) is 1. The fraction of sp³-hybridized carbons (Fsp3) is 0.625. The Morgan fingerprint density at radius 1 is 1.32 bits per heavy atom. The molecule has 0 fully saturated rings. The molecule has 1 heterocycles. The molecule has 1 aliphatic heterocycles. The number of para-hydroxylation sites is 1. The molecule has 0 radical (unpaired) electrons. The van der Waals surface area contributed by atoms with Crippen molar-refractivity contribution in [1.82, 2.24) is 4.90 Å². The van der Waals surface area contributed by atoms with Crippen molar-refractivity contribution < 1.29 is 4.74 Å². The fourth-order valence-electron chi connectivity index (χ4n) is 3.04. The number of nitrogens with zero attached hydrogens (tertiary/aromatic N) is 1. The minimum absolute atomic E-state index is 0.0964. The maximum absolute atomic E-state index is 6.17. The van der Waals surface area contributed by atoms with E-state index in [-0.39, 0.29) is 11.6 Å². The lowest BCUT2D eigenvalue weighted by Gasteiger charge is -2.30. The molecular weight excluding hydrogens is 236 g/mol. The lowest BCUT2D eigenvalue weighted by atomic mass is 9.97. The molecule has 0 aliphatic carbocycles. The first-order valence-electron chi connectivity index (χ1n) is 7.27. The second-order valence-electron chi connectivity index (χ2n) is 5.85. The van der Waals surface area contributed by atoms with Crippen molar-refractivity contribution in [1.29, 1.82) is 0 Å². The molecule has 2 rings (SSSR count). The highest BCUT2D eigenvalue weighted by atomic mass is 16.5. The maximum atomic E-state index is 6.17. The number of rotatable bonds is 5. The molecule has 0 aromatic heterocycles. The van der Waals surface area contributed by atoms with Gasteiger partial charge < -0.3 is 10.5 Å². The molecule has 0 amide bonds. The molecule has 0 saturated carbocycles. The van der Waals surface area contributed by atoms with E-state index in [2.05, 4.69) is 50.8 Å². The standard InChI is InChI=1S/C16H26N2O/c1-5-18(6-2)14(11-17)13-9-7-8-12-10-16(3,4)19-15(12)13/h7-9,14H,5-6,10-11,17H2,1-4H3. The van der Waals surface area contributed by atoms with Gasteiger partial charge in [0.05, 0.1) is 6.04 Å². The summed E-state index contributed by atoms with van der Waals surface area (Å²) in [6.07, 6.45) is 0.978. The maximum Gasteiger partial charge on any atom is 0.128 e. The Morgan fingerprint density at radius 3 is 2.58 bits per heavy atom. The third-order valence-corrected chi connectivity index (χ3v) is 3.96. The van der Waals surface area contributed by atoms with Crippen LogP contribution in [0.1, 0.15) is 44.9 Å². The quantitative estimate of drug-likeness (QED) is 0.886.